The van der Waals surface area contributed by atoms with Crippen LogP contribution in [-0.2, 0) is 4.79 Å². The summed E-state index contributed by atoms with van der Waals surface area (Å²) in [4.78, 5) is 30.1. The molecule has 6 nitrogen and oxygen atoms in total. The van der Waals surface area contributed by atoms with Crippen LogP contribution in [0.5, 0.6) is 0 Å². The average Bonchev–Trinajstić information content (AvgIpc) is 2.80. The molecule has 2 unspecified atom stereocenters. The highest BCUT2D eigenvalue weighted by Crippen LogP contribution is 2.22. The monoisotopic (exact) mass is 432 g/mol. The number of carbonyl (C=O) groups is 2. The van der Waals surface area contributed by atoms with Crippen LogP contribution in [0, 0.1) is 24.2 Å². The quantitative estimate of drug-likeness (QED) is 0.726. The summed E-state index contributed by atoms with van der Waals surface area (Å²) in [6.07, 6.45) is 0.585. The van der Waals surface area contributed by atoms with Crippen LogP contribution in [0.25, 0.3) is 0 Å². The second kappa shape index (κ2) is 10.9. The number of hydrogen-bond acceptors (Lipinski definition) is 4. The molecule has 2 aromatic rings. The van der Waals surface area contributed by atoms with Gasteiger partial charge in [-0.3, -0.25) is 14.5 Å². The number of piperazine rings is 1. The smallest absolute Gasteiger partial charge is 0.252 e. The largest absolute Gasteiger partial charge is 0.340 e. The van der Waals surface area contributed by atoms with Crippen molar-refractivity contribution < 1.29 is 9.59 Å². The summed E-state index contributed by atoms with van der Waals surface area (Å²) in [5.41, 5.74) is 2.45. The fourth-order valence-corrected chi connectivity index (χ4v) is 4.18. The summed E-state index contributed by atoms with van der Waals surface area (Å²) in [5.74, 6) is 0.00585. The van der Waals surface area contributed by atoms with E-state index in [0.29, 0.717) is 38.2 Å². The molecular weight excluding hydrogens is 400 g/mol. The van der Waals surface area contributed by atoms with Crippen molar-refractivity contribution in [3.8, 4) is 6.07 Å². The number of nitrogens with zero attached hydrogens (tertiary/aromatic N) is 3. The Labute approximate surface area is 190 Å². The van der Waals surface area contributed by atoms with Crippen LogP contribution in [0.4, 0.5) is 0 Å². The second-order valence-corrected chi connectivity index (χ2v) is 8.77. The molecule has 3 rings (SSSR count). The van der Waals surface area contributed by atoms with E-state index in [0.717, 1.165) is 11.1 Å². The van der Waals surface area contributed by atoms with E-state index in [2.05, 4.69) is 30.1 Å². The maximum absolute atomic E-state index is 13.3. The number of nitrogens with one attached hydrogen (secondary N) is 1. The molecule has 0 radical (unpaired) electrons. The molecule has 0 spiro atoms. The van der Waals surface area contributed by atoms with Gasteiger partial charge in [-0.2, -0.15) is 5.26 Å². The Morgan fingerprint density at radius 3 is 2.22 bits per heavy atom. The van der Waals surface area contributed by atoms with Crippen LogP contribution >= 0.6 is 0 Å². The number of nitriles is 1. The van der Waals surface area contributed by atoms with Gasteiger partial charge in [0.15, 0.2) is 0 Å². The fourth-order valence-electron chi connectivity index (χ4n) is 4.18. The molecule has 1 N–H and O–H groups in total. The Hall–Kier alpha value is -3.17. The molecule has 0 bridgehead atoms. The molecule has 168 valence electrons. The van der Waals surface area contributed by atoms with Gasteiger partial charge in [0, 0.05) is 31.7 Å². The number of benzene rings is 2. The van der Waals surface area contributed by atoms with E-state index in [-0.39, 0.29) is 23.8 Å². The van der Waals surface area contributed by atoms with Gasteiger partial charge in [-0.25, -0.2) is 0 Å². The third-order valence-electron chi connectivity index (χ3n) is 5.93. The normalized spacial score (nSPS) is 16.3. The van der Waals surface area contributed by atoms with Crippen molar-refractivity contribution in [1.82, 2.24) is 15.1 Å². The lowest BCUT2D eigenvalue weighted by molar-refractivity contribution is -0.135. The highest BCUT2D eigenvalue weighted by molar-refractivity contribution is 5.98. The van der Waals surface area contributed by atoms with Gasteiger partial charge < -0.3 is 10.2 Å². The first-order valence-electron chi connectivity index (χ1n) is 11.2. The van der Waals surface area contributed by atoms with Crippen LogP contribution in [-0.4, -0.2) is 53.8 Å². The lowest BCUT2D eigenvalue weighted by Crippen LogP contribution is -2.55. The van der Waals surface area contributed by atoms with E-state index in [1.165, 1.54) is 0 Å². The minimum absolute atomic E-state index is 0.0477. The van der Waals surface area contributed by atoms with E-state index in [9.17, 15) is 14.9 Å². The highest BCUT2D eigenvalue weighted by atomic mass is 16.2. The third kappa shape index (κ3) is 5.74. The van der Waals surface area contributed by atoms with Gasteiger partial charge in [-0.05, 0) is 36.5 Å². The van der Waals surface area contributed by atoms with E-state index in [1.54, 1.807) is 6.07 Å². The van der Waals surface area contributed by atoms with Gasteiger partial charge in [0.25, 0.3) is 5.91 Å². The minimum Gasteiger partial charge on any atom is -0.340 e. The molecule has 0 aromatic heterocycles. The number of carbonyl (C=O) groups excluding carboxylic acids is 2. The van der Waals surface area contributed by atoms with Crippen molar-refractivity contribution in [2.75, 3.05) is 26.2 Å². The molecule has 1 aliphatic heterocycles. The Bertz CT molecular complexity index is 959. The zero-order valence-electron chi connectivity index (χ0n) is 19.1. The van der Waals surface area contributed by atoms with Crippen LogP contribution < -0.4 is 5.32 Å². The van der Waals surface area contributed by atoms with Gasteiger partial charge in [0.1, 0.15) is 12.1 Å². The van der Waals surface area contributed by atoms with Crippen molar-refractivity contribution in [2.24, 2.45) is 5.92 Å². The first-order valence-corrected chi connectivity index (χ1v) is 11.2. The van der Waals surface area contributed by atoms with Gasteiger partial charge in [0.2, 0.25) is 5.91 Å². The molecule has 1 saturated heterocycles. The Balaban J connectivity index is 1.65. The van der Waals surface area contributed by atoms with Gasteiger partial charge >= 0.3 is 0 Å². The summed E-state index contributed by atoms with van der Waals surface area (Å²) in [6.45, 7) is 8.33. The predicted molar refractivity (Wildman–Crippen MR) is 125 cm³/mol. The standard InChI is InChI=1S/C26H32N4O2/c1-19(2)17-23(28-25(31)22-12-8-7-9-20(22)3)26(32)30-15-13-29(14-16-30)24(18-27)21-10-5-4-6-11-21/h4-12,19,23-24H,13-17H2,1-3H3,(H,28,31). The zero-order chi connectivity index (χ0) is 23.1. The summed E-state index contributed by atoms with van der Waals surface area (Å²) >= 11 is 0. The van der Waals surface area contributed by atoms with Gasteiger partial charge in [-0.15, -0.1) is 0 Å². The lowest BCUT2D eigenvalue weighted by Gasteiger charge is -2.38. The molecule has 2 atom stereocenters. The first kappa shape index (κ1) is 23.5. The Morgan fingerprint density at radius 2 is 1.62 bits per heavy atom. The molecule has 1 aliphatic rings. The highest BCUT2D eigenvalue weighted by Gasteiger charge is 2.31. The molecule has 2 amide bonds. The Kier molecular flexibility index (Phi) is 8.02. The van der Waals surface area contributed by atoms with Crippen LogP contribution in [0.2, 0.25) is 0 Å². The molecular formula is C26H32N4O2. The number of hydrogen-bond donors (Lipinski definition) is 1. The fraction of sp³-hybridized carbons (Fsp3) is 0.423. The summed E-state index contributed by atoms with van der Waals surface area (Å²) in [7, 11) is 0. The molecule has 1 fully saturated rings. The summed E-state index contributed by atoms with van der Waals surface area (Å²) in [6, 6.07) is 18.7. The van der Waals surface area contributed by atoms with E-state index in [4.69, 9.17) is 0 Å². The SMILES string of the molecule is Cc1ccccc1C(=O)NC(CC(C)C)C(=O)N1CCN(C(C#N)c2ccccc2)CC1. The number of rotatable bonds is 7. The van der Waals surface area contributed by atoms with Crippen molar-refractivity contribution in [1.29, 1.82) is 5.26 Å². The lowest BCUT2D eigenvalue weighted by atomic mass is 10.0. The number of aryl methyl sites for hydroxylation is 1. The summed E-state index contributed by atoms with van der Waals surface area (Å²) < 4.78 is 0. The van der Waals surface area contributed by atoms with Crippen molar-refractivity contribution in [2.45, 2.75) is 39.3 Å². The maximum Gasteiger partial charge on any atom is 0.252 e. The van der Waals surface area contributed by atoms with Gasteiger partial charge in [0.05, 0.1) is 6.07 Å². The minimum atomic E-state index is -0.561. The zero-order valence-corrected chi connectivity index (χ0v) is 19.1. The molecule has 1 heterocycles. The van der Waals surface area contributed by atoms with Gasteiger partial charge in [-0.1, -0.05) is 62.4 Å². The van der Waals surface area contributed by atoms with Crippen molar-refractivity contribution in [3.05, 3.63) is 71.3 Å². The molecule has 6 heteroatoms. The molecule has 0 aliphatic carbocycles. The average molecular weight is 433 g/mol. The third-order valence-corrected chi connectivity index (χ3v) is 5.93. The van der Waals surface area contributed by atoms with Crippen LogP contribution in [0.15, 0.2) is 54.6 Å². The maximum atomic E-state index is 13.3. The topological polar surface area (TPSA) is 76.4 Å². The Morgan fingerprint density at radius 1 is 1.00 bits per heavy atom. The second-order valence-electron chi connectivity index (χ2n) is 8.77. The molecule has 0 saturated carbocycles. The van der Waals surface area contributed by atoms with E-state index in [1.807, 2.05) is 60.4 Å². The van der Waals surface area contributed by atoms with Crippen molar-refractivity contribution in [3.63, 3.8) is 0 Å². The van der Waals surface area contributed by atoms with E-state index >= 15 is 0 Å². The molecule has 2 aromatic carbocycles. The van der Waals surface area contributed by atoms with Crippen molar-refractivity contribution >= 4 is 11.8 Å². The predicted octanol–water partition coefficient (Wildman–Crippen LogP) is 3.55. The number of amides is 2. The first-order chi connectivity index (χ1) is 15.4. The molecule has 32 heavy (non-hydrogen) atoms. The van der Waals surface area contributed by atoms with Crippen LogP contribution in [0.3, 0.4) is 0 Å². The van der Waals surface area contributed by atoms with E-state index < -0.39 is 6.04 Å². The summed E-state index contributed by atoms with van der Waals surface area (Å²) in [5, 5.41) is 12.7. The van der Waals surface area contributed by atoms with Crippen LogP contribution in [0.1, 0.15) is 47.8 Å².